The summed E-state index contributed by atoms with van der Waals surface area (Å²) in [5, 5.41) is 3.47. The van der Waals surface area contributed by atoms with Gasteiger partial charge in [0, 0.05) is 6.04 Å². The molecule has 0 radical (unpaired) electrons. The zero-order valence-electron chi connectivity index (χ0n) is 10.6. The summed E-state index contributed by atoms with van der Waals surface area (Å²) in [6, 6.07) is 7.36. The van der Waals surface area contributed by atoms with E-state index in [1.54, 1.807) is 6.07 Å². The zero-order chi connectivity index (χ0) is 12.5. The van der Waals surface area contributed by atoms with Crippen LogP contribution in [-0.4, -0.2) is 12.6 Å². The average Bonchev–Trinajstić information content (AvgIpc) is 2.35. The quantitative estimate of drug-likeness (QED) is 0.677. The van der Waals surface area contributed by atoms with Crippen molar-refractivity contribution in [1.82, 2.24) is 5.32 Å². The van der Waals surface area contributed by atoms with Crippen molar-refractivity contribution in [3.8, 4) is 0 Å². The van der Waals surface area contributed by atoms with E-state index in [0.29, 0.717) is 6.04 Å². The molecule has 17 heavy (non-hydrogen) atoms. The van der Waals surface area contributed by atoms with E-state index in [-0.39, 0.29) is 5.82 Å². The third-order valence-electron chi connectivity index (χ3n) is 2.83. The molecule has 0 amide bonds. The maximum Gasteiger partial charge on any atom is 0.126 e. The van der Waals surface area contributed by atoms with Crippen LogP contribution in [0.5, 0.6) is 0 Å². The maximum absolute atomic E-state index is 13.5. The van der Waals surface area contributed by atoms with E-state index in [4.69, 9.17) is 0 Å². The Labute approximate surface area is 104 Å². The number of nitrogens with one attached hydrogen (secondary N) is 1. The molecule has 2 heteroatoms. The second kappa shape index (κ2) is 8.02. The number of hydrogen-bond donors (Lipinski definition) is 1. The molecule has 1 unspecified atom stereocenters. The van der Waals surface area contributed by atoms with Gasteiger partial charge in [-0.2, -0.15) is 0 Å². The molecule has 1 aromatic carbocycles. The minimum atomic E-state index is -0.102. The minimum absolute atomic E-state index is 0.102. The fourth-order valence-electron chi connectivity index (χ4n) is 1.87. The van der Waals surface area contributed by atoms with Crippen molar-refractivity contribution in [3.05, 3.63) is 48.3 Å². The normalized spacial score (nSPS) is 12.4. The van der Waals surface area contributed by atoms with Gasteiger partial charge in [-0.1, -0.05) is 31.2 Å². The monoisotopic (exact) mass is 235 g/mol. The van der Waals surface area contributed by atoms with Crippen LogP contribution in [0.4, 0.5) is 4.39 Å². The molecule has 1 atom stereocenters. The van der Waals surface area contributed by atoms with Crippen LogP contribution in [0.25, 0.3) is 0 Å². The highest BCUT2D eigenvalue weighted by Crippen LogP contribution is 2.12. The first-order valence-electron chi connectivity index (χ1n) is 6.35. The van der Waals surface area contributed by atoms with Gasteiger partial charge in [-0.15, -0.1) is 6.58 Å². The summed E-state index contributed by atoms with van der Waals surface area (Å²) < 4.78 is 13.5. The van der Waals surface area contributed by atoms with Gasteiger partial charge in [0.1, 0.15) is 5.82 Å². The van der Waals surface area contributed by atoms with Crippen LogP contribution >= 0.6 is 0 Å². The molecular formula is C15H22FN. The van der Waals surface area contributed by atoms with Crippen LogP contribution < -0.4 is 5.32 Å². The summed E-state index contributed by atoms with van der Waals surface area (Å²) in [5.41, 5.74) is 0.796. The Kier molecular flexibility index (Phi) is 6.56. The van der Waals surface area contributed by atoms with Crippen molar-refractivity contribution in [2.75, 3.05) is 6.54 Å². The smallest absolute Gasteiger partial charge is 0.126 e. The summed E-state index contributed by atoms with van der Waals surface area (Å²) in [4.78, 5) is 0. The van der Waals surface area contributed by atoms with E-state index < -0.39 is 0 Å². The fourth-order valence-corrected chi connectivity index (χ4v) is 1.87. The van der Waals surface area contributed by atoms with Crippen molar-refractivity contribution < 1.29 is 4.39 Å². The molecule has 1 rings (SSSR count). The Morgan fingerprint density at radius 3 is 2.82 bits per heavy atom. The van der Waals surface area contributed by atoms with E-state index in [9.17, 15) is 4.39 Å². The molecule has 1 N–H and O–H groups in total. The molecule has 0 saturated carbocycles. The van der Waals surface area contributed by atoms with Crippen LogP contribution in [0.2, 0.25) is 0 Å². The van der Waals surface area contributed by atoms with Crippen molar-refractivity contribution >= 4 is 0 Å². The molecule has 94 valence electrons. The number of benzene rings is 1. The van der Waals surface area contributed by atoms with E-state index in [1.807, 2.05) is 18.2 Å². The molecule has 0 heterocycles. The van der Waals surface area contributed by atoms with Crippen LogP contribution in [0.15, 0.2) is 36.9 Å². The van der Waals surface area contributed by atoms with Gasteiger partial charge in [-0.05, 0) is 43.9 Å². The van der Waals surface area contributed by atoms with Gasteiger partial charge < -0.3 is 5.32 Å². The van der Waals surface area contributed by atoms with E-state index >= 15 is 0 Å². The second-order valence-corrected chi connectivity index (χ2v) is 4.31. The van der Waals surface area contributed by atoms with E-state index in [2.05, 4.69) is 18.8 Å². The van der Waals surface area contributed by atoms with E-state index in [1.165, 1.54) is 6.07 Å². The lowest BCUT2D eigenvalue weighted by molar-refractivity contribution is 0.471. The lowest BCUT2D eigenvalue weighted by atomic mass is 10.0. The highest BCUT2D eigenvalue weighted by Gasteiger charge is 2.10. The number of hydrogen-bond acceptors (Lipinski definition) is 1. The van der Waals surface area contributed by atoms with E-state index in [0.717, 1.165) is 37.8 Å². The SMILES string of the molecule is C=CCCC(Cc1ccccc1F)NCCC. The summed E-state index contributed by atoms with van der Waals surface area (Å²) in [7, 11) is 0. The standard InChI is InChI=1S/C15H22FN/c1-3-5-9-14(17-11-4-2)12-13-8-6-7-10-15(13)16/h3,6-8,10,14,17H,1,4-5,9,11-12H2,2H3. The first-order valence-corrected chi connectivity index (χ1v) is 6.35. The number of allylic oxidation sites excluding steroid dienone is 1. The van der Waals surface area contributed by atoms with Crippen LogP contribution in [0.1, 0.15) is 31.7 Å². The van der Waals surface area contributed by atoms with Crippen molar-refractivity contribution in [3.63, 3.8) is 0 Å². The second-order valence-electron chi connectivity index (χ2n) is 4.31. The molecule has 0 saturated heterocycles. The van der Waals surface area contributed by atoms with Crippen LogP contribution in [-0.2, 0) is 6.42 Å². The number of halogens is 1. The first-order chi connectivity index (χ1) is 8.27. The Hall–Kier alpha value is -1.15. The molecule has 0 aromatic heterocycles. The topological polar surface area (TPSA) is 12.0 Å². The Morgan fingerprint density at radius 2 is 2.18 bits per heavy atom. The molecule has 0 aliphatic rings. The average molecular weight is 235 g/mol. The molecule has 0 aliphatic heterocycles. The molecular weight excluding hydrogens is 213 g/mol. The first kappa shape index (κ1) is 13.9. The molecule has 0 aliphatic carbocycles. The van der Waals surface area contributed by atoms with Crippen molar-refractivity contribution in [2.24, 2.45) is 0 Å². The highest BCUT2D eigenvalue weighted by atomic mass is 19.1. The molecule has 1 nitrogen and oxygen atoms in total. The Morgan fingerprint density at radius 1 is 1.41 bits per heavy atom. The van der Waals surface area contributed by atoms with Gasteiger partial charge in [-0.25, -0.2) is 4.39 Å². The fraction of sp³-hybridized carbons (Fsp3) is 0.467. The molecule has 0 fully saturated rings. The molecule has 0 bridgehead atoms. The lowest BCUT2D eigenvalue weighted by Crippen LogP contribution is -2.32. The predicted molar refractivity (Wildman–Crippen MR) is 71.6 cm³/mol. The summed E-state index contributed by atoms with van der Waals surface area (Å²) in [5.74, 6) is -0.102. The number of rotatable bonds is 8. The summed E-state index contributed by atoms with van der Waals surface area (Å²) in [6.45, 7) is 6.86. The Bertz CT molecular complexity index is 335. The molecule has 0 spiro atoms. The van der Waals surface area contributed by atoms with Gasteiger partial charge in [-0.3, -0.25) is 0 Å². The highest BCUT2D eigenvalue weighted by molar-refractivity contribution is 5.18. The van der Waals surface area contributed by atoms with Crippen LogP contribution in [0, 0.1) is 5.82 Å². The summed E-state index contributed by atoms with van der Waals surface area (Å²) >= 11 is 0. The summed E-state index contributed by atoms with van der Waals surface area (Å²) in [6.07, 6.45) is 5.75. The van der Waals surface area contributed by atoms with Gasteiger partial charge in [0.05, 0.1) is 0 Å². The predicted octanol–water partition coefficient (Wildman–Crippen LogP) is 3.70. The molecule has 1 aromatic rings. The zero-order valence-corrected chi connectivity index (χ0v) is 10.6. The van der Waals surface area contributed by atoms with Gasteiger partial charge in [0.25, 0.3) is 0 Å². The van der Waals surface area contributed by atoms with Crippen molar-refractivity contribution in [1.29, 1.82) is 0 Å². The minimum Gasteiger partial charge on any atom is -0.314 e. The van der Waals surface area contributed by atoms with Gasteiger partial charge in [0.15, 0.2) is 0 Å². The maximum atomic E-state index is 13.5. The third kappa shape index (κ3) is 5.14. The third-order valence-corrected chi connectivity index (χ3v) is 2.83. The Balaban J connectivity index is 2.57. The lowest BCUT2D eigenvalue weighted by Gasteiger charge is -2.18. The largest absolute Gasteiger partial charge is 0.314 e. The van der Waals surface area contributed by atoms with Gasteiger partial charge in [0.2, 0.25) is 0 Å². The van der Waals surface area contributed by atoms with Crippen LogP contribution in [0.3, 0.4) is 0 Å². The van der Waals surface area contributed by atoms with Crippen molar-refractivity contribution in [2.45, 2.75) is 38.6 Å². The van der Waals surface area contributed by atoms with Gasteiger partial charge >= 0.3 is 0 Å².